The Labute approximate surface area is 85.7 Å². The molecule has 4 heteroatoms. The first-order valence-corrected chi connectivity index (χ1v) is 5.19. The van der Waals surface area contributed by atoms with Crippen molar-refractivity contribution in [3.63, 3.8) is 0 Å². The molecule has 0 aromatic carbocycles. The van der Waals surface area contributed by atoms with E-state index in [-0.39, 0.29) is 6.54 Å². The molecular weight excluding hydrogens is 186 g/mol. The molecule has 0 atom stereocenters. The van der Waals surface area contributed by atoms with E-state index in [0.29, 0.717) is 18.6 Å². The molecule has 0 aromatic rings. The number of rotatable bonds is 7. The third-order valence-corrected chi connectivity index (χ3v) is 2.17. The van der Waals surface area contributed by atoms with E-state index in [1.54, 1.807) is 0 Å². The molecular formula is C10H22F2N2. The van der Waals surface area contributed by atoms with Crippen LogP contribution in [0.4, 0.5) is 8.78 Å². The van der Waals surface area contributed by atoms with Crippen molar-refractivity contribution < 1.29 is 8.78 Å². The summed E-state index contributed by atoms with van der Waals surface area (Å²) in [4.78, 5) is 2.28. The van der Waals surface area contributed by atoms with Gasteiger partial charge in [-0.1, -0.05) is 0 Å². The SMILES string of the molecule is CC(C)N(CCNCC(F)F)C(C)C. The smallest absolute Gasteiger partial charge is 0.250 e. The van der Waals surface area contributed by atoms with Crippen LogP contribution in [0.1, 0.15) is 27.7 Å². The van der Waals surface area contributed by atoms with Gasteiger partial charge in [-0.2, -0.15) is 0 Å². The molecule has 0 spiro atoms. The van der Waals surface area contributed by atoms with Gasteiger partial charge in [-0.3, -0.25) is 4.90 Å². The maximum atomic E-state index is 11.8. The topological polar surface area (TPSA) is 15.3 Å². The van der Waals surface area contributed by atoms with Gasteiger partial charge >= 0.3 is 0 Å². The lowest BCUT2D eigenvalue weighted by molar-refractivity contribution is 0.138. The van der Waals surface area contributed by atoms with Gasteiger partial charge in [0.05, 0.1) is 6.54 Å². The molecule has 0 bridgehead atoms. The molecule has 0 radical (unpaired) electrons. The molecule has 0 aliphatic heterocycles. The summed E-state index contributed by atoms with van der Waals surface area (Å²) in [5, 5.41) is 2.73. The number of hydrogen-bond acceptors (Lipinski definition) is 2. The van der Waals surface area contributed by atoms with Crippen molar-refractivity contribution in [2.24, 2.45) is 0 Å². The van der Waals surface area contributed by atoms with Gasteiger partial charge in [0.2, 0.25) is 0 Å². The van der Waals surface area contributed by atoms with Gasteiger partial charge in [0.25, 0.3) is 6.43 Å². The third-order valence-electron chi connectivity index (χ3n) is 2.17. The average molecular weight is 208 g/mol. The average Bonchev–Trinajstić information content (AvgIpc) is 2.01. The van der Waals surface area contributed by atoms with Crippen LogP contribution in [0.25, 0.3) is 0 Å². The Hall–Kier alpha value is -0.220. The van der Waals surface area contributed by atoms with Crippen LogP contribution in [0.5, 0.6) is 0 Å². The van der Waals surface area contributed by atoms with E-state index >= 15 is 0 Å². The highest BCUT2D eigenvalue weighted by Gasteiger charge is 2.12. The summed E-state index contributed by atoms with van der Waals surface area (Å²) >= 11 is 0. The summed E-state index contributed by atoms with van der Waals surface area (Å²) in [6.45, 7) is 9.72. The fraction of sp³-hybridized carbons (Fsp3) is 1.00. The number of alkyl halides is 2. The summed E-state index contributed by atoms with van der Waals surface area (Å²) in [5.41, 5.74) is 0. The Morgan fingerprint density at radius 3 is 1.93 bits per heavy atom. The van der Waals surface area contributed by atoms with E-state index in [9.17, 15) is 8.78 Å². The van der Waals surface area contributed by atoms with Gasteiger partial charge in [-0.25, -0.2) is 8.78 Å². The van der Waals surface area contributed by atoms with Crippen molar-refractivity contribution in [3.8, 4) is 0 Å². The third kappa shape index (κ3) is 6.27. The quantitative estimate of drug-likeness (QED) is 0.643. The fourth-order valence-electron chi connectivity index (χ4n) is 1.53. The zero-order chi connectivity index (χ0) is 11.1. The summed E-state index contributed by atoms with van der Waals surface area (Å²) < 4.78 is 23.6. The molecule has 0 unspecified atom stereocenters. The molecule has 14 heavy (non-hydrogen) atoms. The predicted octanol–water partition coefficient (Wildman–Crippen LogP) is 1.96. The molecule has 1 N–H and O–H groups in total. The second-order valence-electron chi connectivity index (χ2n) is 4.02. The summed E-state index contributed by atoms with van der Waals surface area (Å²) in [5.74, 6) is 0. The molecule has 0 aliphatic carbocycles. The zero-order valence-electron chi connectivity index (χ0n) is 9.56. The van der Waals surface area contributed by atoms with Crippen LogP contribution < -0.4 is 5.32 Å². The Balaban J connectivity index is 3.62. The first-order valence-electron chi connectivity index (χ1n) is 5.19. The van der Waals surface area contributed by atoms with E-state index in [1.165, 1.54) is 0 Å². The van der Waals surface area contributed by atoms with E-state index in [4.69, 9.17) is 0 Å². The van der Waals surface area contributed by atoms with Crippen molar-refractivity contribution in [3.05, 3.63) is 0 Å². The van der Waals surface area contributed by atoms with Gasteiger partial charge in [-0.15, -0.1) is 0 Å². The summed E-state index contributed by atoms with van der Waals surface area (Å²) in [7, 11) is 0. The highest BCUT2D eigenvalue weighted by Crippen LogP contribution is 2.03. The summed E-state index contributed by atoms with van der Waals surface area (Å²) in [6.07, 6.45) is -2.25. The van der Waals surface area contributed by atoms with Gasteiger partial charge in [-0.05, 0) is 27.7 Å². The molecule has 0 heterocycles. The van der Waals surface area contributed by atoms with E-state index in [2.05, 4.69) is 37.9 Å². The lowest BCUT2D eigenvalue weighted by Crippen LogP contribution is -2.42. The minimum Gasteiger partial charge on any atom is -0.310 e. The number of nitrogens with zero attached hydrogens (tertiary/aromatic N) is 1. The zero-order valence-corrected chi connectivity index (χ0v) is 9.56. The van der Waals surface area contributed by atoms with Gasteiger partial charge < -0.3 is 5.32 Å². The second-order valence-corrected chi connectivity index (χ2v) is 4.02. The summed E-state index contributed by atoms with van der Waals surface area (Å²) in [6, 6.07) is 0.923. The molecule has 0 rings (SSSR count). The van der Waals surface area contributed by atoms with Crippen molar-refractivity contribution in [1.82, 2.24) is 10.2 Å². The lowest BCUT2D eigenvalue weighted by atomic mass is 10.2. The Bertz CT molecular complexity index is 130. The first kappa shape index (κ1) is 13.8. The number of halogens is 2. The molecule has 0 amide bonds. The van der Waals surface area contributed by atoms with Gasteiger partial charge in [0.1, 0.15) is 0 Å². The highest BCUT2D eigenvalue weighted by atomic mass is 19.3. The molecule has 0 saturated heterocycles. The Kier molecular flexibility index (Phi) is 7.01. The van der Waals surface area contributed by atoms with E-state index in [1.807, 2.05) is 0 Å². The Morgan fingerprint density at radius 2 is 1.57 bits per heavy atom. The van der Waals surface area contributed by atoms with Crippen LogP contribution in [-0.4, -0.2) is 43.0 Å². The largest absolute Gasteiger partial charge is 0.310 e. The molecule has 0 fully saturated rings. The highest BCUT2D eigenvalue weighted by molar-refractivity contribution is 4.68. The molecule has 2 nitrogen and oxygen atoms in total. The standard InChI is InChI=1S/C10H22F2N2/c1-8(2)14(9(3)4)6-5-13-7-10(11)12/h8-10,13H,5-7H2,1-4H3. The fourth-order valence-corrected chi connectivity index (χ4v) is 1.53. The minimum absolute atomic E-state index is 0.204. The van der Waals surface area contributed by atoms with Crippen LogP contribution >= 0.6 is 0 Å². The number of nitrogens with one attached hydrogen (secondary N) is 1. The van der Waals surface area contributed by atoms with Crippen LogP contribution in [0.2, 0.25) is 0 Å². The maximum Gasteiger partial charge on any atom is 0.250 e. The van der Waals surface area contributed by atoms with Gasteiger partial charge in [0, 0.05) is 25.2 Å². The van der Waals surface area contributed by atoms with Crippen molar-refractivity contribution in [2.75, 3.05) is 19.6 Å². The molecule has 0 aromatic heterocycles. The van der Waals surface area contributed by atoms with Crippen LogP contribution in [0, 0.1) is 0 Å². The van der Waals surface area contributed by atoms with Gasteiger partial charge in [0.15, 0.2) is 0 Å². The lowest BCUT2D eigenvalue weighted by Gasteiger charge is -2.30. The minimum atomic E-state index is -2.25. The maximum absolute atomic E-state index is 11.8. The predicted molar refractivity (Wildman–Crippen MR) is 55.9 cm³/mol. The molecule has 86 valence electrons. The normalized spacial score (nSPS) is 12.4. The van der Waals surface area contributed by atoms with Crippen LogP contribution in [0.3, 0.4) is 0 Å². The molecule has 0 saturated carbocycles. The van der Waals surface area contributed by atoms with Crippen molar-refractivity contribution in [2.45, 2.75) is 46.2 Å². The van der Waals surface area contributed by atoms with E-state index < -0.39 is 6.43 Å². The van der Waals surface area contributed by atoms with Crippen LogP contribution in [-0.2, 0) is 0 Å². The number of hydrogen-bond donors (Lipinski definition) is 1. The van der Waals surface area contributed by atoms with E-state index in [0.717, 1.165) is 6.54 Å². The van der Waals surface area contributed by atoms with Crippen molar-refractivity contribution in [1.29, 1.82) is 0 Å². The van der Waals surface area contributed by atoms with Crippen molar-refractivity contribution >= 4 is 0 Å². The van der Waals surface area contributed by atoms with Crippen LogP contribution in [0.15, 0.2) is 0 Å². The Morgan fingerprint density at radius 1 is 1.07 bits per heavy atom. The monoisotopic (exact) mass is 208 g/mol. The second kappa shape index (κ2) is 7.12. The molecule has 0 aliphatic rings. The first-order chi connectivity index (χ1) is 6.45.